The van der Waals surface area contributed by atoms with Gasteiger partial charge in [-0.2, -0.15) is 13.2 Å². The highest BCUT2D eigenvalue weighted by Crippen LogP contribution is 2.31. The summed E-state index contributed by atoms with van der Waals surface area (Å²) in [6.07, 6.45) is -2.97. The van der Waals surface area contributed by atoms with Crippen LogP contribution in [0.1, 0.15) is 11.3 Å². The Morgan fingerprint density at radius 3 is 2.70 bits per heavy atom. The van der Waals surface area contributed by atoms with E-state index in [9.17, 15) is 13.2 Å². The molecule has 4 rings (SSSR count). The molecule has 0 saturated heterocycles. The van der Waals surface area contributed by atoms with Crippen molar-refractivity contribution in [2.45, 2.75) is 24.0 Å². The van der Waals surface area contributed by atoms with Crippen LogP contribution in [0.2, 0.25) is 0 Å². The number of alkyl halides is 3. The Morgan fingerprint density at radius 1 is 1.17 bits per heavy atom. The number of fused-ring (bicyclic) bond motifs is 1. The van der Waals surface area contributed by atoms with Crippen molar-refractivity contribution in [3.05, 3.63) is 47.8 Å². The fraction of sp³-hybridized carbons (Fsp3) is 0.278. The van der Waals surface area contributed by atoms with E-state index in [2.05, 4.69) is 25.5 Å². The number of pyridine rings is 1. The molecule has 4 aromatic rings. The van der Waals surface area contributed by atoms with E-state index >= 15 is 0 Å². The predicted octanol–water partition coefficient (Wildman–Crippen LogP) is 3.49. The molecule has 0 saturated carbocycles. The predicted molar refractivity (Wildman–Crippen MR) is 104 cm³/mol. The Bertz CT molecular complexity index is 1190. The van der Waals surface area contributed by atoms with Gasteiger partial charge in [-0.25, -0.2) is 9.67 Å². The van der Waals surface area contributed by atoms with Crippen LogP contribution < -0.4 is 4.74 Å². The lowest BCUT2D eigenvalue weighted by Gasteiger charge is -2.13. The number of aromatic nitrogens is 7. The van der Waals surface area contributed by atoms with Crippen molar-refractivity contribution >= 4 is 22.8 Å². The number of ether oxygens (including phenoxy) is 1. The van der Waals surface area contributed by atoms with Crippen LogP contribution in [-0.4, -0.2) is 47.5 Å². The van der Waals surface area contributed by atoms with Crippen LogP contribution in [0.15, 0.2) is 41.7 Å². The number of nitrogens with zero attached hydrogens (tertiary/aromatic N) is 7. The van der Waals surface area contributed by atoms with Gasteiger partial charge in [-0.05, 0) is 35.5 Å². The van der Waals surface area contributed by atoms with Gasteiger partial charge in [0.25, 0.3) is 5.95 Å². The second-order valence-corrected chi connectivity index (χ2v) is 7.34. The Hall–Kier alpha value is -3.15. The van der Waals surface area contributed by atoms with Gasteiger partial charge in [-0.15, -0.1) is 0 Å². The second kappa shape index (κ2) is 7.94. The zero-order valence-corrected chi connectivity index (χ0v) is 16.8. The maximum atomic E-state index is 12.5. The van der Waals surface area contributed by atoms with Gasteiger partial charge < -0.3 is 4.74 Å². The number of benzene rings is 1. The number of tetrazole rings is 1. The van der Waals surface area contributed by atoms with E-state index in [-0.39, 0.29) is 5.75 Å². The standard InChI is InChI=1S/C18H16F3N7OS/c1-11-13(22-8-7-15(11)29-10-18(19,20)21)9-30-17-23-12-5-3-4-6-14(12)28(17)16-24-25-26-27(16)2/h3-8H,9-10H2,1-2H3. The van der Waals surface area contributed by atoms with E-state index in [4.69, 9.17) is 4.74 Å². The zero-order chi connectivity index (χ0) is 21.3. The molecule has 30 heavy (non-hydrogen) atoms. The number of hydrogen-bond donors (Lipinski definition) is 0. The minimum atomic E-state index is -4.40. The maximum absolute atomic E-state index is 12.5. The van der Waals surface area contributed by atoms with Crippen LogP contribution in [0, 0.1) is 6.92 Å². The summed E-state index contributed by atoms with van der Waals surface area (Å²) in [5, 5.41) is 12.3. The van der Waals surface area contributed by atoms with Crippen LogP contribution >= 0.6 is 11.8 Å². The molecule has 156 valence electrons. The van der Waals surface area contributed by atoms with Gasteiger partial charge in [0.05, 0.1) is 16.7 Å². The highest BCUT2D eigenvalue weighted by Gasteiger charge is 2.29. The van der Waals surface area contributed by atoms with E-state index in [1.165, 1.54) is 28.7 Å². The molecule has 0 fully saturated rings. The Morgan fingerprint density at radius 2 is 1.97 bits per heavy atom. The van der Waals surface area contributed by atoms with E-state index < -0.39 is 12.8 Å². The molecule has 0 aliphatic carbocycles. The minimum absolute atomic E-state index is 0.156. The van der Waals surface area contributed by atoms with E-state index in [0.29, 0.717) is 28.1 Å². The van der Waals surface area contributed by atoms with Crippen molar-refractivity contribution in [1.29, 1.82) is 0 Å². The van der Waals surface area contributed by atoms with E-state index in [1.54, 1.807) is 14.0 Å². The monoisotopic (exact) mass is 435 g/mol. The fourth-order valence-electron chi connectivity index (χ4n) is 2.86. The van der Waals surface area contributed by atoms with Gasteiger partial charge in [-0.3, -0.25) is 9.55 Å². The summed E-state index contributed by atoms with van der Waals surface area (Å²) >= 11 is 1.38. The molecule has 3 heterocycles. The molecule has 12 heteroatoms. The summed E-state index contributed by atoms with van der Waals surface area (Å²) in [5.41, 5.74) is 2.77. The number of para-hydroxylation sites is 2. The van der Waals surface area contributed by atoms with E-state index in [1.807, 2.05) is 28.8 Å². The average molecular weight is 435 g/mol. The molecule has 0 radical (unpaired) electrons. The molecule has 0 unspecified atom stereocenters. The van der Waals surface area contributed by atoms with Crippen LogP contribution in [0.4, 0.5) is 13.2 Å². The molecule has 8 nitrogen and oxygen atoms in total. The summed E-state index contributed by atoms with van der Waals surface area (Å²) in [4.78, 5) is 8.95. The first-order chi connectivity index (χ1) is 14.3. The summed E-state index contributed by atoms with van der Waals surface area (Å²) in [5.74, 6) is 1.03. The number of rotatable bonds is 6. The normalized spacial score (nSPS) is 11.9. The molecule has 3 aromatic heterocycles. The van der Waals surface area contributed by atoms with Crippen molar-refractivity contribution in [1.82, 2.24) is 34.7 Å². The summed E-state index contributed by atoms with van der Waals surface area (Å²) in [7, 11) is 1.73. The molecule has 0 aliphatic rings. The van der Waals surface area contributed by atoms with Crippen LogP contribution in [0.3, 0.4) is 0 Å². The Kier molecular flexibility index (Phi) is 5.33. The molecule has 0 bridgehead atoms. The number of imidazole rings is 1. The maximum Gasteiger partial charge on any atom is 0.422 e. The number of halogens is 3. The average Bonchev–Trinajstić information content (AvgIpc) is 3.28. The SMILES string of the molecule is Cc1c(OCC(F)(F)F)ccnc1CSc1nc2ccccc2n1-c1nnnn1C. The minimum Gasteiger partial charge on any atom is -0.484 e. The quantitative estimate of drug-likeness (QED) is 0.429. The highest BCUT2D eigenvalue weighted by atomic mass is 32.2. The Balaban J connectivity index is 1.63. The third kappa shape index (κ3) is 4.08. The van der Waals surface area contributed by atoms with Gasteiger partial charge >= 0.3 is 6.18 Å². The number of hydrogen-bond acceptors (Lipinski definition) is 7. The van der Waals surface area contributed by atoms with Crippen LogP contribution in [-0.2, 0) is 12.8 Å². The summed E-state index contributed by atoms with van der Waals surface area (Å²) in [6, 6.07) is 9.00. The molecule has 1 aromatic carbocycles. The smallest absolute Gasteiger partial charge is 0.422 e. The van der Waals surface area contributed by atoms with Gasteiger partial charge in [0.1, 0.15) is 5.75 Å². The lowest BCUT2D eigenvalue weighted by atomic mass is 10.2. The van der Waals surface area contributed by atoms with Gasteiger partial charge in [0, 0.05) is 24.6 Å². The van der Waals surface area contributed by atoms with Crippen molar-refractivity contribution in [3.63, 3.8) is 0 Å². The first-order valence-electron chi connectivity index (χ1n) is 8.80. The van der Waals surface area contributed by atoms with Crippen LogP contribution in [0.25, 0.3) is 17.0 Å². The first kappa shape index (κ1) is 20.1. The molecule has 0 amide bonds. The Labute approximate surface area is 173 Å². The molecule has 0 N–H and O–H groups in total. The highest BCUT2D eigenvalue weighted by molar-refractivity contribution is 7.98. The number of thioether (sulfide) groups is 1. The molecule has 0 atom stereocenters. The summed E-state index contributed by atoms with van der Waals surface area (Å²) < 4.78 is 45.7. The van der Waals surface area contributed by atoms with Gasteiger partial charge in [0.2, 0.25) is 0 Å². The van der Waals surface area contributed by atoms with Crippen LogP contribution in [0.5, 0.6) is 5.75 Å². The largest absolute Gasteiger partial charge is 0.484 e. The fourth-order valence-corrected chi connectivity index (χ4v) is 3.89. The van der Waals surface area contributed by atoms with Crippen molar-refractivity contribution < 1.29 is 17.9 Å². The topological polar surface area (TPSA) is 83.5 Å². The van der Waals surface area contributed by atoms with Crippen molar-refractivity contribution in [2.24, 2.45) is 7.05 Å². The number of aryl methyl sites for hydroxylation is 1. The zero-order valence-electron chi connectivity index (χ0n) is 16.0. The van der Waals surface area contributed by atoms with E-state index in [0.717, 1.165) is 11.0 Å². The van der Waals surface area contributed by atoms with Crippen molar-refractivity contribution in [3.8, 4) is 11.7 Å². The third-order valence-electron chi connectivity index (χ3n) is 4.32. The molecule has 0 aliphatic heterocycles. The lowest BCUT2D eigenvalue weighted by Crippen LogP contribution is -2.19. The third-order valence-corrected chi connectivity index (χ3v) is 5.27. The van der Waals surface area contributed by atoms with Gasteiger partial charge in [0.15, 0.2) is 11.8 Å². The first-order valence-corrected chi connectivity index (χ1v) is 9.79. The molecular formula is C18H16F3N7OS. The molecule has 0 spiro atoms. The van der Waals surface area contributed by atoms with Crippen molar-refractivity contribution in [2.75, 3.05) is 6.61 Å². The van der Waals surface area contributed by atoms with Gasteiger partial charge in [-0.1, -0.05) is 29.0 Å². The lowest BCUT2D eigenvalue weighted by molar-refractivity contribution is -0.153. The summed E-state index contributed by atoms with van der Waals surface area (Å²) in [6.45, 7) is 0.337. The second-order valence-electron chi connectivity index (χ2n) is 6.39. The molecular weight excluding hydrogens is 419 g/mol.